The third-order valence-electron chi connectivity index (χ3n) is 5.72. The molecule has 0 radical (unpaired) electrons. The SMILES string of the molecule is C1=CC2N=COC2C(c2ccc3c4ccccc4c4ccccc4c3c2)=C1. The molecule has 1 aliphatic heterocycles. The van der Waals surface area contributed by atoms with E-state index in [1.54, 1.807) is 6.40 Å². The molecule has 0 saturated carbocycles. The van der Waals surface area contributed by atoms with Crippen molar-refractivity contribution >= 4 is 44.3 Å². The zero-order valence-electron chi connectivity index (χ0n) is 14.7. The molecule has 2 unspecified atom stereocenters. The van der Waals surface area contributed by atoms with Gasteiger partial charge in [0.25, 0.3) is 0 Å². The first-order valence-electron chi connectivity index (χ1n) is 9.29. The maximum atomic E-state index is 5.78. The molecule has 0 spiro atoms. The molecule has 2 nitrogen and oxygen atoms in total. The maximum Gasteiger partial charge on any atom is 0.171 e. The molecule has 0 saturated heterocycles. The van der Waals surface area contributed by atoms with E-state index in [0.717, 1.165) is 0 Å². The molecule has 1 aliphatic carbocycles. The van der Waals surface area contributed by atoms with Crippen LogP contribution in [0.25, 0.3) is 37.9 Å². The van der Waals surface area contributed by atoms with Gasteiger partial charge >= 0.3 is 0 Å². The Morgan fingerprint density at radius 3 is 2.04 bits per heavy atom. The predicted molar refractivity (Wildman–Crippen MR) is 113 cm³/mol. The summed E-state index contributed by atoms with van der Waals surface area (Å²) in [6, 6.07) is 24.2. The van der Waals surface area contributed by atoms with E-state index in [9.17, 15) is 0 Å². The van der Waals surface area contributed by atoms with Crippen molar-refractivity contribution < 1.29 is 4.74 Å². The highest BCUT2D eigenvalue weighted by molar-refractivity contribution is 6.25. The number of allylic oxidation sites excluding steroid dienone is 2. The van der Waals surface area contributed by atoms with Crippen LogP contribution < -0.4 is 0 Å². The molecule has 0 amide bonds. The summed E-state index contributed by atoms with van der Waals surface area (Å²) in [5, 5.41) is 7.77. The summed E-state index contributed by atoms with van der Waals surface area (Å²) < 4.78 is 5.78. The Balaban J connectivity index is 1.67. The molecular formula is C25H17NO. The fourth-order valence-corrected chi connectivity index (χ4v) is 4.45. The van der Waals surface area contributed by atoms with Crippen LogP contribution in [0.5, 0.6) is 0 Å². The first-order chi connectivity index (χ1) is 13.4. The lowest BCUT2D eigenvalue weighted by molar-refractivity contribution is 0.274. The molecule has 0 aromatic heterocycles. The van der Waals surface area contributed by atoms with Crippen molar-refractivity contribution in [1.29, 1.82) is 0 Å². The summed E-state index contributed by atoms with van der Waals surface area (Å²) in [4.78, 5) is 4.41. The zero-order valence-corrected chi connectivity index (χ0v) is 14.7. The van der Waals surface area contributed by atoms with E-state index in [4.69, 9.17) is 4.74 Å². The van der Waals surface area contributed by atoms with Gasteiger partial charge in [0.05, 0.1) is 0 Å². The van der Waals surface area contributed by atoms with Crippen LogP contribution in [0.4, 0.5) is 0 Å². The lowest BCUT2D eigenvalue weighted by Crippen LogP contribution is -2.23. The quantitative estimate of drug-likeness (QED) is 0.393. The van der Waals surface area contributed by atoms with E-state index < -0.39 is 0 Å². The smallest absolute Gasteiger partial charge is 0.171 e. The van der Waals surface area contributed by atoms with Gasteiger partial charge in [-0.3, -0.25) is 0 Å². The average molecular weight is 347 g/mol. The van der Waals surface area contributed by atoms with E-state index >= 15 is 0 Å². The molecule has 4 aromatic rings. The molecular weight excluding hydrogens is 330 g/mol. The molecule has 27 heavy (non-hydrogen) atoms. The van der Waals surface area contributed by atoms with Crippen LogP contribution in [0.1, 0.15) is 5.56 Å². The summed E-state index contributed by atoms with van der Waals surface area (Å²) >= 11 is 0. The molecule has 0 N–H and O–H groups in total. The van der Waals surface area contributed by atoms with Gasteiger partial charge in [0.1, 0.15) is 6.04 Å². The van der Waals surface area contributed by atoms with Crippen LogP contribution in [0, 0.1) is 0 Å². The summed E-state index contributed by atoms with van der Waals surface area (Å²) in [6.45, 7) is 0. The number of hydrogen-bond donors (Lipinski definition) is 0. The Morgan fingerprint density at radius 1 is 0.704 bits per heavy atom. The third-order valence-corrected chi connectivity index (χ3v) is 5.72. The number of rotatable bonds is 1. The highest BCUT2D eigenvalue weighted by Gasteiger charge is 2.30. The number of fused-ring (bicyclic) bond motifs is 7. The molecule has 0 bridgehead atoms. The van der Waals surface area contributed by atoms with Crippen molar-refractivity contribution in [3.8, 4) is 0 Å². The van der Waals surface area contributed by atoms with Gasteiger partial charge in [-0.05, 0) is 43.9 Å². The molecule has 6 rings (SSSR count). The number of ether oxygens (including phenoxy) is 1. The van der Waals surface area contributed by atoms with Crippen LogP contribution in [0.2, 0.25) is 0 Å². The average Bonchev–Trinajstić information content (AvgIpc) is 3.23. The van der Waals surface area contributed by atoms with Crippen molar-refractivity contribution in [2.24, 2.45) is 4.99 Å². The highest BCUT2D eigenvalue weighted by atomic mass is 16.5. The molecule has 0 fully saturated rings. The summed E-state index contributed by atoms with van der Waals surface area (Å²) in [5.41, 5.74) is 2.40. The topological polar surface area (TPSA) is 21.6 Å². The van der Waals surface area contributed by atoms with Crippen LogP contribution in [-0.4, -0.2) is 18.5 Å². The number of benzene rings is 4. The normalized spacial score (nSPS) is 20.8. The van der Waals surface area contributed by atoms with Gasteiger partial charge in [-0.1, -0.05) is 78.9 Å². The number of nitrogens with zero attached hydrogens (tertiary/aromatic N) is 1. The van der Waals surface area contributed by atoms with E-state index in [1.165, 1.54) is 43.5 Å². The zero-order chi connectivity index (χ0) is 17.8. The monoisotopic (exact) mass is 347 g/mol. The number of hydrogen-bond acceptors (Lipinski definition) is 2. The van der Waals surface area contributed by atoms with Gasteiger partial charge in [0, 0.05) is 5.57 Å². The maximum absolute atomic E-state index is 5.78. The fraction of sp³-hybridized carbons (Fsp3) is 0.0800. The molecule has 128 valence electrons. The van der Waals surface area contributed by atoms with Crippen LogP contribution in [-0.2, 0) is 4.74 Å². The fourth-order valence-electron chi connectivity index (χ4n) is 4.45. The Kier molecular flexibility index (Phi) is 3.03. The van der Waals surface area contributed by atoms with E-state index in [0.29, 0.717) is 0 Å². The van der Waals surface area contributed by atoms with Gasteiger partial charge in [-0.15, -0.1) is 0 Å². The molecule has 2 heteroatoms. The molecule has 1 heterocycles. The second-order valence-electron chi connectivity index (χ2n) is 7.16. The third kappa shape index (κ3) is 2.10. The van der Waals surface area contributed by atoms with E-state index in [-0.39, 0.29) is 12.1 Å². The highest BCUT2D eigenvalue weighted by Crippen LogP contribution is 2.38. The van der Waals surface area contributed by atoms with Gasteiger partial charge in [0.15, 0.2) is 12.5 Å². The number of aliphatic imine (C=N–C) groups is 1. The van der Waals surface area contributed by atoms with Crippen molar-refractivity contribution in [1.82, 2.24) is 0 Å². The van der Waals surface area contributed by atoms with E-state index in [1.807, 2.05) is 0 Å². The van der Waals surface area contributed by atoms with Gasteiger partial charge < -0.3 is 4.74 Å². The van der Waals surface area contributed by atoms with Crippen LogP contribution in [0.15, 0.2) is 90.0 Å². The predicted octanol–water partition coefficient (Wildman–Crippen LogP) is 5.90. The van der Waals surface area contributed by atoms with Gasteiger partial charge in [0.2, 0.25) is 0 Å². The van der Waals surface area contributed by atoms with Gasteiger partial charge in [-0.25, -0.2) is 4.99 Å². The Morgan fingerprint density at radius 2 is 1.33 bits per heavy atom. The Hall–Kier alpha value is -3.39. The summed E-state index contributed by atoms with van der Waals surface area (Å²) in [7, 11) is 0. The van der Waals surface area contributed by atoms with Crippen molar-refractivity contribution in [2.45, 2.75) is 12.1 Å². The van der Waals surface area contributed by atoms with Crippen molar-refractivity contribution in [3.05, 3.63) is 90.5 Å². The van der Waals surface area contributed by atoms with Crippen molar-refractivity contribution in [2.75, 3.05) is 0 Å². The van der Waals surface area contributed by atoms with Crippen LogP contribution >= 0.6 is 0 Å². The van der Waals surface area contributed by atoms with Crippen LogP contribution in [0.3, 0.4) is 0 Å². The molecule has 2 aliphatic rings. The first kappa shape index (κ1) is 14.7. The van der Waals surface area contributed by atoms with Crippen molar-refractivity contribution in [3.63, 3.8) is 0 Å². The summed E-state index contributed by atoms with van der Waals surface area (Å²) in [6.07, 6.45) is 7.91. The second kappa shape index (κ2) is 5.55. The minimum absolute atomic E-state index is 0.0147. The standard InChI is InChI=1S/C25H17NO/c1-2-8-20-18(6-1)19-7-3-4-9-21(19)23-14-16(12-13-22(20)23)17-10-5-11-24-25(17)27-15-26-24/h1-15,24-25H. The lowest BCUT2D eigenvalue weighted by atomic mass is 9.88. The Labute approximate surface area is 157 Å². The minimum Gasteiger partial charge on any atom is -0.473 e. The minimum atomic E-state index is -0.0147. The molecule has 2 atom stereocenters. The first-order valence-corrected chi connectivity index (χ1v) is 9.29. The largest absolute Gasteiger partial charge is 0.473 e. The van der Waals surface area contributed by atoms with E-state index in [2.05, 4.69) is 90.0 Å². The second-order valence-corrected chi connectivity index (χ2v) is 7.16. The Bertz CT molecular complexity index is 1280. The summed E-state index contributed by atoms with van der Waals surface area (Å²) in [5.74, 6) is 0. The molecule has 4 aromatic carbocycles. The lowest BCUT2D eigenvalue weighted by Gasteiger charge is -2.22. The van der Waals surface area contributed by atoms with Gasteiger partial charge in [-0.2, -0.15) is 0 Å².